The van der Waals surface area contributed by atoms with E-state index >= 15 is 0 Å². The highest BCUT2D eigenvalue weighted by Crippen LogP contribution is 2.42. The standard InChI is InChI=1S/C18H17BrN4OS2/c1-11(17(24)20-13-6-4-12(19)5-7-13)26-18-22-21-16(15-3-2-10-25-15)23(18)14-8-9-14/h2-7,10-11,14H,8-9H2,1H3,(H,20,24)/t11-/m1/s1. The second-order valence-electron chi connectivity index (χ2n) is 6.14. The summed E-state index contributed by atoms with van der Waals surface area (Å²) in [6.07, 6.45) is 2.28. The summed E-state index contributed by atoms with van der Waals surface area (Å²) in [5.41, 5.74) is 0.786. The molecule has 0 spiro atoms. The summed E-state index contributed by atoms with van der Waals surface area (Å²) in [5, 5.41) is 14.3. The number of nitrogens with one attached hydrogen (secondary N) is 1. The first-order chi connectivity index (χ1) is 12.6. The van der Waals surface area contributed by atoms with Crippen molar-refractivity contribution in [2.24, 2.45) is 0 Å². The van der Waals surface area contributed by atoms with E-state index in [-0.39, 0.29) is 11.2 Å². The van der Waals surface area contributed by atoms with Crippen LogP contribution in [-0.2, 0) is 4.79 Å². The van der Waals surface area contributed by atoms with Crippen LogP contribution in [-0.4, -0.2) is 25.9 Å². The van der Waals surface area contributed by atoms with Gasteiger partial charge in [-0.25, -0.2) is 0 Å². The van der Waals surface area contributed by atoms with Crippen molar-refractivity contribution in [1.29, 1.82) is 0 Å². The van der Waals surface area contributed by atoms with Crippen LogP contribution in [0.4, 0.5) is 5.69 Å². The van der Waals surface area contributed by atoms with E-state index in [0.29, 0.717) is 6.04 Å². The van der Waals surface area contributed by atoms with Crippen LogP contribution in [0.25, 0.3) is 10.7 Å². The van der Waals surface area contributed by atoms with Gasteiger partial charge < -0.3 is 5.32 Å². The van der Waals surface area contributed by atoms with Crippen LogP contribution in [0.5, 0.6) is 0 Å². The number of hydrogen-bond donors (Lipinski definition) is 1. The van der Waals surface area contributed by atoms with Crippen molar-refractivity contribution in [1.82, 2.24) is 14.8 Å². The molecule has 1 amide bonds. The van der Waals surface area contributed by atoms with Crippen molar-refractivity contribution in [2.75, 3.05) is 5.32 Å². The second-order valence-corrected chi connectivity index (χ2v) is 9.31. The van der Waals surface area contributed by atoms with Gasteiger partial charge in [0, 0.05) is 16.2 Å². The predicted octanol–water partition coefficient (Wildman–Crippen LogP) is 5.22. The molecule has 2 heterocycles. The van der Waals surface area contributed by atoms with E-state index in [2.05, 4.69) is 42.1 Å². The van der Waals surface area contributed by atoms with Crippen LogP contribution in [0.15, 0.2) is 51.4 Å². The minimum absolute atomic E-state index is 0.0413. The van der Waals surface area contributed by atoms with Gasteiger partial charge in [-0.3, -0.25) is 9.36 Å². The summed E-state index contributed by atoms with van der Waals surface area (Å²) >= 11 is 6.52. The van der Waals surface area contributed by atoms with E-state index in [9.17, 15) is 4.79 Å². The molecule has 4 rings (SSSR count). The van der Waals surface area contributed by atoms with Gasteiger partial charge in [0.2, 0.25) is 5.91 Å². The lowest BCUT2D eigenvalue weighted by Crippen LogP contribution is -2.22. The largest absolute Gasteiger partial charge is 0.325 e. The predicted molar refractivity (Wildman–Crippen MR) is 110 cm³/mol. The Morgan fingerprint density at radius 3 is 2.73 bits per heavy atom. The van der Waals surface area contributed by atoms with Gasteiger partial charge in [-0.2, -0.15) is 0 Å². The number of carbonyl (C=O) groups is 1. The number of thioether (sulfide) groups is 1. The third-order valence-electron chi connectivity index (χ3n) is 4.08. The van der Waals surface area contributed by atoms with E-state index in [4.69, 9.17) is 0 Å². The molecule has 0 saturated heterocycles. The maximum atomic E-state index is 12.5. The van der Waals surface area contributed by atoms with Gasteiger partial charge in [0.1, 0.15) is 0 Å². The fraction of sp³-hybridized carbons (Fsp3) is 0.278. The van der Waals surface area contributed by atoms with Gasteiger partial charge in [0.25, 0.3) is 0 Å². The van der Waals surface area contributed by atoms with Crippen LogP contribution in [0, 0.1) is 0 Å². The maximum Gasteiger partial charge on any atom is 0.237 e. The molecule has 1 N–H and O–H groups in total. The molecule has 8 heteroatoms. The third kappa shape index (κ3) is 3.87. The molecule has 1 aliphatic carbocycles. The zero-order chi connectivity index (χ0) is 18.1. The molecular formula is C18H17BrN4OS2. The molecule has 2 aromatic heterocycles. The van der Waals surface area contributed by atoms with E-state index in [1.165, 1.54) is 11.8 Å². The number of halogens is 1. The maximum absolute atomic E-state index is 12.5. The topological polar surface area (TPSA) is 59.8 Å². The summed E-state index contributed by atoms with van der Waals surface area (Å²) in [4.78, 5) is 13.6. The summed E-state index contributed by atoms with van der Waals surface area (Å²) in [5.74, 6) is 0.867. The summed E-state index contributed by atoms with van der Waals surface area (Å²) in [7, 11) is 0. The average Bonchev–Trinajstić information content (AvgIpc) is 3.16. The first kappa shape index (κ1) is 17.8. The van der Waals surface area contributed by atoms with E-state index in [0.717, 1.165) is 38.9 Å². The molecule has 0 radical (unpaired) electrons. The summed E-state index contributed by atoms with van der Waals surface area (Å²) in [6, 6.07) is 12.1. The quantitative estimate of drug-likeness (QED) is 0.524. The number of aromatic nitrogens is 3. The average molecular weight is 449 g/mol. The normalized spacial score (nSPS) is 15.0. The van der Waals surface area contributed by atoms with Gasteiger partial charge in [-0.05, 0) is 55.5 Å². The van der Waals surface area contributed by atoms with Crippen molar-refractivity contribution in [3.05, 3.63) is 46.3 Å². The summed E-state index contributed by atoms with van der Waals surface area (Å²) < 4.78 is 3.18. The molecule has 26 heavy (non-hydrogen) atoms. The van der Waals surface area contributed by atoms with Gasteiger partial charge in [0.05, 0.1) is 10.1 Å². The first-order valence-electron chi connectivity index (χ1n) is 8.33. The lowest BCUT2D eigenvalue weighted by Gasteiger charge is -2.13. The van der Waals surface area contributed by atoms with E-state index in [1.807, 2.05) is 42.6 Å². The zero-order valence-corrected chi connectivity index (χ0v) is 17.3. The lowest BCUT2D eigenvalue weighted by atomic mass is 10.3. The molecule has 0 unspecified atom stereocenters. The van der Waals surface area contributed by atoms with Crippen LogP contribution in [0.3, 0.4) is 0 Å². The van der Waals surface area contributed by atoms with Gasteiger partial charge >= 0.3 is 0 Å². The monoisotopic (exact) mass is 448 g/mol. The molecule has 134 valence electrons. The number of nitrogens with zero attached hydrogens (tertiary/aromatic N) is 3. The van der Waals surface area contributed by atoms with Crippen molar-refractivity contribution in [3.8, 4) is 10.7 Å². The molecule has 1 fully saturated rings. The minimum Gasteiger partial charge on any atom is -0.325 e. The Balaban J connectivity index is 1.50. The number of amides is 1. The van der Waals surface area contributed by atoms with Crippen molar-refractivity contribution in [2.45, 2.75) is 36.2 Å². The summed E-state index contributed by atoms with van der Waals surface area (Å²) in [6.45, 7) is 1.90. The zero-order valence-electron chi connectivity index (χ0n) is 14.1. The van der Waals surface area contributed by atoms with Gasteiger partial charge in [-0.15, -0.1) is 21.5 Å². The number of thiophene rings is 1. The highest BCUT2D eigenvalue weighted by atomic mass is 79.9. The Kier molecular flexibility index (Phi) is 5.15. The third-order valence-corrected chi connectivity index (χ3v) is 6.53. The molecule has 0 bridgehead atoms. The van der Waals surface area contributed by atoms with Gasteiger partial charge in [-0.1, -0.05) is 33.8 Å². The first-order valence-corrected chi connectivity index (χ1v) is 10.9. The Morgan fingerprint density at radius 1 is 1.31 bits per heavy atom. The smallest absolute Gasteiger partial charge is 0.237 e. The Hall–Kier alpha value is -1.64. The number of anilines is 1. The SMILES string of the molecule is C[C@@H](Sc1nnc(-c2cccs2)n1C1CC1)C(=O)Nc1ccc(Br)cc1. The van der Waals surface area contributed by atoms with Crippen molar-refractivity contribution >= 4 is 50.6 Å². The molecule has 1 aliphatic rings. The van der Waals surface area contributed by atoms with Gasteiger partial charge in [0.15, 0.2) is 11.0 Å². The molecule has 5 nitrogen and oxygen atoms in total. The van der Waals surface area contributed by atoms with Crippen LogP contribution >= 0.6 is 39.0 Å². The number of benzene rings is 1. The molecule has 1 atom stereocenters. The molecular weight excluding hydrogens is 432 g/mol. The molecule has 1 saturated carbocycles. The fourth-order valence-electron chi connectivity index (χ4n) is 2.58. The van der Waals surface area contributed by atoms with E-state index in [1.54, 1.807) is 11.3 Å². The van der Waals surface area contributed by atoms with E-state index < -0.39 is 0 Å². The number of hydrogen-bond acceptors (Lipinski definition) is 5. The van der Waals surface area contributed by atoms with Crippen molar-refractivity contribution in [3.63, 3.8) is 0 Å². The van der Waals surface area contributed by atoms with Crippen LogP contribution in [0.1, 0.15) is 25.8 Å². The molecule has 0 aliphatic heterocycles. The molecule has 1 aromatic carbocycles. The highest BCUT2D eigenvalue weighted by molar-refractivity contribution is 9.10. The minimum atomic E-state index is -0.267. The Labute approximate surface area is 168 Å². The second kappa shape index (κ2) is 7.54. The van der Waals surface area contributed by atoms with Crippen LogP contribution in [0.2, 0.25) is 0 Å². The number of carbonyl (C=O) groups excluding carboxylic acids is 1. The van der Waals surface area contributed by atoms with Crippen molar-refractivity contribution < 1.29 is 4.79 Å². The number of rotatable bonds is 6. The lowest BCUT2D eigenvalue weighted by molar-refractivity contribution is -0.115. The highest BCUT2D eigenvalue weighted by Gasteiger charge is 2.31. The Bertz CT molecular complexity index is 904. The fourth-order valence-corrected chi connectivity index (χ4v) is 4.47. The van der Waals surface area contributed by atoms with Crippen LogP contribution < -0.4 is 5.32 Å². The Morgan fingerprint density at radius 2 is 2.08 bits per heavy atom. The molecule has 3 aromatic rings.